The zero-order chi connectivity index (χ0) is 15.9. The van der Waals surface area contributed by atoms with Crippen molar-refractivity contribution in [2.24, 2.45) is 11.7 Å². The van der Waals surface area contributed by atoms with Crippen molar-refractivity contribution in [3.63, 3.8) is 0 Å². The molecule has 3 N–H and O–H groups in total. The summed E-state index contributed by atoms with van der Waals surface area (Å²) in [4.78, 5) is 24.8. The fraction of sp³-hybridized carbons (Fsp3) is 0.375. The van der Waals surface area contributed by atoms with Gasteiger partial charge in [-0.25, -0.2) is 4.79 Å². The van der Waals surface area contributed by atoms with E-state index in [9.17, 15) is 9.59 Å². The van der Waals surface area contributed by atoms with Crippen LogP contribution in [0.3, 0.4) is 0 Å². The summed E-state index contributed by atoms with van der Waals surface area (Å²) in [5.74, 6) is 0.372. The minimum atomic E-state index is -0.280. The first-order valence-electron chi connectivity index (χ1n) is 7.25. The number of urea groups is 1. The number of carbonyl (C=O) groups is 2. The third-order valence-electron chi connectivity index (χ3n) is 3.76. The van der Waals surface area contributed by atoms with Gasteiger partial charge in [-0.15, -0.1) is 0 Å². The summed E-state index contributed by atoms with van der Waals surface area (Å²) >= 11 is 0. The molecule has 1 aliphatic heterocycles. The standard InChI is InChI=1S/C16H21N3O3/c1-22-14-4-2-3-12(11-14)5-8-18-16(21)19-9-6-13(7-10-19)15(17)20/h2-5,8,11,13H,6-7,9-10H2,1H3,(H2,17,20)(H,18,21)/b8-5+. The summed E-state index contributed by atoms with van der Waals surface area (Å²) < 4.78 is 5.14. The zero-order valence-electron chi connectivity index (χ0n) is 12.6. The average Bonchev–Trinajstić information content (AvgIpc) is 2.55. The first-order valence-corrected chi connectivity index (χ1v) is 7.25. The number of nitrogens with one attached hydrogen (secondary N) is 1. The number of primary amides is 1. The normalized spacial score (nSPS) is 15.8. The van der Waals surface area contributed by atoms with Gasteiger partial charge in [0.05, 0.1) is 7.11 Å². The molecule has 1 heterocycles. The van der Waals surface area contributed by atoms with E-state index < -0.39 is 0 Å². The van der Waals surface area contributed by atoms with Crippen molar-refractivity contribution in [1.82, 2.24) is 10.2 Å². The van der Waals surface area contributed by atoms with Crippen molar-refractivity contribution < 1.29 is 14.3 Å². The van der Waals surface area contributed by atoms with Crippen LogP contribution in [0.2, 0.25) is 0 Å². The maximum Gasteiger partial charge on any atom is 0.321 e. The predicted octanol–water partition coefficient (Wildman–Crippen LogP) is 1.57. The molecule has 118 valence electrons. The number of nitrogens with two attached hydrogens (primary N) is 1. The first kappa shape index (κ1) is 15.9. The lowest BCUT2D eigenvalue weighted by molar-refractivity contribution is -0.122. The second-order valence-electron chi connectivity index (χ2n) is 5.22. The molecule has 1 aliphatic rings. The Kier molecular flexibility index (Phi) is 5.41. The van der Waals surface area contributed by atoms with Gasteiger partial charge >= 0.3 is 6.03 Å². The van der Waals surface area contributed by atoms with Gasteiger partial charge in [0, 0.05) is 25.2 Å². The summed E-state index contributed by atoms with van der Waals surface area (Å²) in [6.45, 7) is 1.10. The highest BCUT2D eigenvalue weighted by Crippen LogP contribution is 2.16. The van der Waals surface area contributed by atoms with Crippen LogP contribution in [0, 0.1) is 5.92 Å². The number of ether oxygens (including phenoxy) is 1. The number of amides is 3. The number of hydrogen-bond donors (Lipinski definition) is 2. The number of hydrogen-bond acceptors (Lipinski definition) is 3. The molecule has 0 bridgehead atoms. The van der Waals surface area contributed by atoms with E-state index in [2.05, 4.69) is 5.32 Å². The third-order valence-corrected chi connectivity index (χ3v) is 3.76. The van der Waals surface area contributed by atoms with E-state index >= 15 is 0 Å². The molecule has 2 rings (SSSR count). The van der Waals surface area contributed by atoms with Crippen molar-refractivity contribution in [3.05, 3.63) is 36.0 Å². The van der Waals surface area contributed by atoms with Gasteiger partial charge in [-0.2, -0.15) is 0 Å². The molecule has 0 spiro atoms. The van der Waals surface area contributed by atoms with Gasteiger partial charge in [-0.05, 0) is 36.6 Å². The van der Waals surface area contributed by atoms with E-state index in [0.29, 0.717) is 25.9 Å². The molecule has 0 saturated carbocycles. The van der Waals surface area contributed by atoms with Gasteiger partial charge in [0.25, 0.3) is 0 Å². The van der Waals surface area contributed by atoms with Gasteiger partial charge in [-0.3, -0.25) is 4.79 Å². The summed E-state index contributed by atoms with van der Waals surface area (Å²) in [6.07, 6.45) is 4.67. The Morgan fingerprint density at radius 1 is 1.36 bits per heavy atom. The number of likely N-dealkylation sites (tertiary alicyclic amines) is 1. The van der Waals surface area contributed by atoms with Crippen molar-refractivity contribution in [3.8, 4) is 5.75 Å². The van der Waals surface area contributed by atoms with Crippen LogP contribution in [0.25, 0.3) is 6.08 Å². The highest BCUT2D eigenvalue weighted by Gasteiger charge is 2.25. The summed E-state index contributed by atoms with van der Waals surface area (Å²) in [7, 11) is 1.61. The SMILES string of the molecule is COc1cccc(/C=C/NC(=O)N2CCC(C(N)=O)CC2)c1. The fourth-order valence-corrected chi connectivity index (χ4v) is 2.41. The number of piperidine rings is 1. The molecule has 0 radical (unpaired) electrons. The minimum Gasteiger partial charge on any atom is -0.497 e. The molecule has 1 aromatic carbocycles. The summed E-state index contributed by atoms with van der Waals surface area (Å²) in [5, 5.41) is 2.73. The second kappa shape index (κ2) is 7.49. The number of nitrogens with zero attached hydrogens (tertiary/aromatic N) is 1. The monoisotopic (exact) mass is 303 g/mol. The van der Waals surface area contributed by atoms with Crippen molar-refractivity contribution in [2.75, 3.05) is 20.2 Å². The largest absolute Gasteiger partial charge is 0.497 e. The van der Waals surface area contributed by atoms with Gasteiger partial charge < -0.3 is 20.7 Å². The molecule has 0 aliphatic carbocycles. The molecule has 0 atom stereocenters. The van der Waals surface area contributed by atoms with Crippen molar-refractivity contribution >= 4 is 18.0 Å². The Labute approximate surface area is 129 Å². The van der Waals surface area contributed by atoms with Gasteiger partial charge in [0.15, 0.2) is 0 Å². The van der Waals surface area contributed by atoms with Crippen LogP contribution in [0.1, 0.15) is 18.4 Å². The number of rotatable bonds is 4. The highest BCUT2D eigenvalue weighted by atomic mass is 16.5. The quantitative estimate of drug-likeness (QED) is 0.885. The number of methoxy groups -OCH3 is 1. The van der Waals surface area contributed by atoms with E-state index in [1.807, 2.05) is 24.3 Å². The lowest BCUT2D eigenvalue weighted by atomic mass is 9.96. The molecule has 0 unspecified atom stereocenters. The van der Waals surface area contributed by atoms with Crippen LogP contribution in [0.15, 0.2) is 30.5 Å². The summed E-state index contributed by atoms with van der Waals surface area (Å²) in [6, 6.07) is 7.38. The third kappa shape index (κ3) is 4.25. The lowest BCUT2D eigenvalue weighted by Gasteiger charge is -2.30. The Hall–Kier alpha value is -2.50. The van der Waals surface area contributed by atoms with Crippen LogP contribution in [-0.4, -0.2) is 37.0 Å². The van der Waals surface area contributed by atoms with E-state index in [-0.39, 0.29) is 17.9 Å². The van der Waals surface area contributed by atoms with E-state index in [0.717, 1.165) is 11.3 Å². The lowest BCUT2D eigenvalue weighted by Crippen LogP contribution is -2.45. The van der Waals surface area contributed by atoms with Gasteiger partial charge in [-0.1, -0.05) is 12.1 Å². The number of benzene rings is 1. The molecular weight excluding hydrogens is 282 g/mol. The fourth-order valence-electron chi connectivity index (χ4n) is 2.41. The van der Waals surface area contributed by atoms with E-state index in [4.69, 9.17) is 10.5 Å². The minimum absolute atomic E-state index is 0.114. The van der Waals surface area contributed by atoms with Crippen LogP contribution in [0.5, 0.6) is 5.75 Å². The smallest absolute Gasteiger partial charge is 0.321 e. The molecule has 1 saturated heterocycles. The van der Waals surface area contributed by atoms with Crippen molar-refractivity contribution in [2.45, 2.75) is 12.8 Å². The molecule has 6 nitrogen and oxygen atoms in total. The summed E-state index contributed by atoms with van der Waals surface area (Å²) in [5.41, 5.74) is 6.21. The molecule has 3 amide bonds. The Balaban J connectivity index is 1.82. The topological polar surface area (TPSA) is 84.7 Å². The Morgan fingerprint density at radius 2 is 2.09 bits per heavy atom. The maximum atomic E-state index is 12.0. The van der Waals surface area contributed by atoms with Gasteiger partial charge in [0.1, 0.15) is 5.75 Å². The van der Waals surface area contributed by atoms with Crippen LogP contribution >= 0.6 is 0 Å². The molecule has 6 heteroatoms. The van der Waals surface area contributed by atoms with Gasteiger partial charge in [0.2, 0.25) is 5.91 Å². The zero-order valence-corrected chi connectivity index (χ0v) is 12.6. The number of carbonyl (C=O) groups excluding carboxylic acids is 2. The van der Waals surface area contributed by atoms with Crippen LogP contribution < -0.4 is 15.8 Å². The molecule has 1 aromatic rings. The van der Waals surface area contributed by atoms with Crippen LogP contribution in [-0.2, 0) is 4.79 Å². The Morgan fingerprint density at radius 3 is 2.73 bits per heavy atom. The Bertz CT molecular complexity index is 564. The first-order chi connectivity index (χ1) is 10.6. The van der Waals surface area contributed by atoms with E-state index in [1.165, 1.54) is 0 Å². The molecular formula is C16H21N3O3. The molecule has 22 heavy (non-hydrogen) atoms. The predicted molar refractivity (Wildman–Crippen MR) is 84.1 cm³/mol. The second-order valence-corrected chi connectivity index (χ2v) is 5.22. The maximum absolute atomic E-state index is 12.0. The van der Waals surface area contributed by atoms with E-state index in [1.54, 1.807) is 24.3 Å². The molecule has 0 aromatic heterocycles. The highest BCUT2D eigenvalue weighted by molar-refractivity contribution is 5.78. The van der Waals surface area contributed by atoms with Crippen LogP contribution in [0.4, 0.5) is 4.79 Å². The molecule has 1 fully saturated rings. The van der Waals surface area contributed by atoms with Crippen molar-refractivity contribution in [1.29, 1.82) is 0 Å². The average molecular weight is 303 g/mol.